The second-order valence-electron chi connectivity index (χ2n) is 9.38. The first kappa shape index (κ1) is 26.1. The van der Waals surface area contributed by atoms with Crippen LogP contribution in [0.2, 0.25) is 0 Å². The molecule has 172 valence electrons. The number of piperidine rings is 1. The van der Waals surface area contributed by atoms with E-state index in [1.807, 2.05) is 34.7 Å². The van der Waals surface area contributed by atoms with Crippen molar-refractivity contribution in [2.75, 3.05) is 20.6 Å². The molecule has 7 heteroatoms. The van der Waals surface area contributed by atoms with Gasteiger partial charge in [-0.25, -0.2) is 4.79 Å². The van der Waals surface area contributed by atoms with Gasteiger partial charge in [-0.2, -0.15) is 0 Å². The van der Waals surface area contributed by atoms with Crippen LogP contribution in [0.3, 0.4) is 0 Å². The highest BCUT2D eigenvalue weighted by atomic mass is 16.4. The van der Waals surface area contributed by atoms with E-state index in [-0.39, 0.29) is 41.3 Å². The lowest BCUT2D eigenvalue weighted by atomic mass is 9.90. The number of carbonyl (C=O) groups is 3. The molecule has 1 aliphatic heterocycles. The minimum absolute atomic E-state index is 0.0345. The van der Waals surface area contributed by atoms with E-state index in [0.717, 1.165) is 25.8 Å². The van der Waals surface area contributed by atoms with Crippen molar-refractivity contribution in [2.45, 2.75) is 78.9 Å². The predicted octanol–water partition coefficient (Wildman–Crippen LogP) is 2.76. The molecule has 0 aromatic heterocycles. The molecule has 0 aromatic carbocycles. The Morgan fingerprint density at radius 3 is 2.20 bits per heavy atom. The first-order valence-electron chi connectivity index (χ1n) is 11.1. The fourth-order valence-electron chi connectivity index (χ4n) is 4.11. The number of hydrogen-bond acceptors (Lipinski definition) is 4. The van der Waals surface area contributed by atoms with Crippen molar-refractivity contribution < 1.29 is 19.5 Å². The molecule has 1 unspecified atom stereocenters. The number of likely N-dealkylation sites (N-methyl/N-ethyl adjacent to an activating group) is 2. The molecule has 30 heavy (non-hydrogen) atoms. The molecule has 1 aliphatic rings. The zero-order valence-electron chi connectivity index (χ0n) is 19.9. The van der Waals surface area contributed by atoms with Crippen molar-refractivity contribution in [1.82, 2.24) is 15.1 Å². The highest BCUT2D eigenvalue weighted by molar-refractivity contribution is 5.90. The van der Waals surface area contributed by atoms with E-state index in [0.29, 0.717) is 5.92 Å². The number of hydrogen-bond donors (Lipinski definition) is 2. The van der Waals surface area contributed by atoms with Crippen LogP contribution in [0.1, 0.15) is 60.8 Å². The zero-order chi connectivity index (χ0) is 23.2. The Bertz CT molecular complexity index is 644. The summed E-state index contributed by atoms with van der Waals surface area (Å²) in [5, 5.41) is 12.2. The van der Waals surface area contributed by atoms with E-state index in [2.05, 4.69) is 17.1 Å². The molecule has 0 saturated carbocycles. The maximum atomic E-state index is 13.3. The van der Waals surface area contributed by atoms with E-state index in [4.69, 9.17) is 0 Å². The van der Waals surface area contributed by atoms with Crippen molar-refractivity contribution >= 4 is 17.8 Å². The Kier molecular flexibility index (Phi) is 10.0. The van der Waals surface area contributed by atoms with Gasteiger partial charge in [0.1, 0.15) is 6.04 Å². The Morgan fingerprint density at radius 2 is 1.77 bits per heavy atom. The van der Waals surface area contributed by atoms with Crippen LogP contribution in [-0.2, 0) is 14.4 Å². The van der Waals surface area contributed by atoms with Crippen LogP contribution in [0.4, 0.5) is 0 Å². The summed E-state index contributed by atoms with van der Waals surface area (Å²) < 4.78 is 0. The summed E-state index contributed by atoms with van der Waals surface area (Å²) in [6, 6.07) is -1.24. The maximum absolute atomic E-state index is 13.3. The molecule has 7 nitrogen and oxygen atoms in total. The second kappa shape index (κ2) is 11.5. The highest BCUT2D eigenvalue weighted by Crippen LogP contribution is 2.23. The number of likely N-dealkylation sites (tertiary alicyclic amines) is 1. The molecular formula is C23H41N3O4. The van der Waals surface area contributed by atoms with Crippen molar-refractivity contribution in [3.63, 3.8) is 0 Å². The summed E-state index contributed by atoms with van der Waals surface area (Å²) in [5.74, 6) is -0.738. The molecule has 1 fully saturated rings. The standard InChI is InChI=1S/C23H41N3O4/c1-9-17-10-11-18(25(7)13-17)21(27)24-20(15(4)5)22(28)26(8)19(14(2)3)12-16(6)23(29)30/h12,14-15,17-20H,9-11,13H2,1-8H3,(H,24,27)(H,29,30)/b16-12+/t17-,18?,19-,20+/m1/s1. The third kappa shape index (κ3) is 6.83. The Balaban J connectivity index is 2.97. The monoisotopic (exact) mass is 423 g/mol. The lowest BCUT2D eigenvalue weighted by Gasteiger charge is -2.38. The van der Waals surface area contributed by atoms with Crippen molar-refractivity contribution in [2.24, 2.45) is 17.8 Å². The van der Waals surface area contributed by atoms with Crippen LogP contribution >= 0.6 is 0 Å². The van der Waals surface area contributed by atoms with Crippen molar-refractivity contribution in [3.8, 4) is 0 Å². The minimum atomic E-state index is -0.999. The topological polar surface area (TPSA) is 90.0 Å². The van der Waals surface area contributed by atoms with Gasteiger partial charge in [0.2, 0.25) is 11.8 Å². The molecule has 4 atom stereocenters. The third-order valence-corrected chi connectivity index (χ3v) is 6.27. The summed E-state index contributed by atoms with van der Waals surface area (Å²) in [6.45, 7) is 12.3. The van der Waals surface area contributed by atoms with Crippen LogP contribution in [0.5, 0.6) is 0 Å². The Hall–Kier alpha value is -1.89. The molecule has 0 aromatic rings. The second-order valence-corrected chi connectivity index (χ2v) is 9.38. The van der Waals surface area contributed by atoms with E-state index < -0.39 is 12.0 Å². The summed E-state index contributed by atoms with van der Waals surface area (Å²) in [4.78, 5) is 41.2. The van der Waals surface area contributed by atoms with Gasteiger partial charge in [0.05, 0.1) is 12.1 Å². The van der Waals surface area contributed by atoms with Gasteiger partial charge in [-0.05, 0) is 44.6 Å². The van der Waals surface area contributed by atoms with Gasteiger partial charge < -0.3 is 15.3 Å². The van der Waals surface area contributed by atoms with Crippen LogP contribution in [0.15, 0.2) is 11.6 Å². The van der Waals surface area contributed by atoms with Gasteiger partial charge in [-0.1, -0.05) is 47.1 Å². The average Bonchev–Trinajstić information content (AvgIpc) is 2.67. The normalized spacial score (nSPS) is 22.7. The summed E-state index contributed by atoms with van der Waals surface area (Å²) in [5.41, 5.74) is 0.202. The van der Waals surface area contributed by atoms with Crippen LogP contribution < -0.4 is 5.32 Å². The van der Waals surface area contributed by atoms with Gasteiger partial charge >= 0.3 is 5.97 Å². The lowest BCUT2D eigenvalue weighted by Crippen LogP contribution is -2.58. The number of nitrogens with one attached hydrogen (secondary N) is 1. The number of aliphatic carboxylic acids is 1. The van der Waals surface area contributed by atoms with Gasteiger partial charge in [0.25, 0.3) is 0 Å². The molecule has 1 rings (SSSR count). The first-order valence-corrected chi connectivity index (χ1v) is 11.1. The SMILES string of the molecule is CC[C@@H]1CCC(C(=O)N[C@H](C(=O)N(C)[C@H](/C=C(\C)C(=O)O)C(C)C)C(C)C)N(C)C1. The molecule has 0 radical (unpaired) electrons. The molecule has 0 aliphatic carbocycles. The number of carboxylic acids is 1. The number of nitrogens with zero attached hydrogens (tertiary/aromatic N) is 2. The van der Waals surface area contributed by atoms with E-state index in [1.165, 1.54) is 6.92 Å². The van der Waals surface area contributed by atoms with E-state index in [9.17, 15) is 19.5 Å². The quantitative estimate of drug-likeness (QED) is 0.557. The van der Waals surface area contributed by atoms with Gasteiger partial charge in [-0.15, -0.1) is 0 Å². The number of amides is 2. The smallest absolute Gasteiger partial charge is 0.331 e. The lowest BCUT2D eigenvalue weighted by molar-refractivity contribution is -0.140. The fourth-order valence-corrected chi connectivity index (χ4v) is 4.11. The number of rotatable bonds is 9. The number of carbonyl (C=O) groups excluding carboxylic acids is 2. The van der Waals surface area contributed by atoms with Gasteiger partial charge in [-0.3, -0.25) is 14.5 Å². The minimum Gasteiger partial charge on any atom is -0.478 e. The Morgan fingerprint density at radius 1 is 1.17 bits per heavy atom. The summed E-state index contributed by atoms with van der Waals surface area (Å²) in [6.07, 6.45) is 4.54. The first-order chi connectivity index (χ1) is 13.9. The summed E-state index contributed by atoms with van der Waals surface area (Å²) >= 11 is 0. The third-order valence-electron chi connectivity index (χ3n) is 6.27. The van der Waals surface area contributed by atoms with E-state index >= 15 is 0 Å². The van der Waals surface area contributed by atoms with Gasteiger partial charge in [0, 0.05) is 19.2 Å². The van der Waals surface area contributed by atoms with Crippen molar-refractivity contribution in [3.05, 3.63) is 11.6 Å². The van der Waals surface area contributed by atoms with E-state index in [1.54, 1.807) is 18.0 Å². The molecule has 2 amide bonds. The maximum Gasteiger partial charge on any atom is 0.331 e. The van der Waals surface area contributed by atoms with Crippen LogP contribution in [-0.4, -0.2) is 71.5 Å². The molecular weight excluding hydrogens is 382 g/mol. The molecule has 2 N–H and O–H groups in total. The molecule has 1 saturated heterocycles. The van der Waals surface area contributed by atoms with Crippen LogP contribution in [0, 0.1) is 17.8 Å². The van der Waals surface area contributed by atoms with Crippen LogP contribution in [0.25, 0.3) is 0 Å². The van der Waals surface area contributed by atoms with Gasteiger partial charge in [0.15, 0.2) is 0 Å². The highest BCUT2D eigenvalue weighted by Gasteiger charge is 2.35. The average molecular weight is 424 g/mol. The fraction of sp³-hybridized carbons (Fsp3) is 0.783. The zero-order valence-corrected chi connectivity index (χ0v) is 19.9. The van der Waals surface area contributed by atoms with Crippen molar-refractivity contribution in [1.29, 1.82) is 0 Å². The Labute approximate surface area is 181 Å². The number of carboxylic acid groups (broad SMARTS) is 1. The summed E-state index contributed by atoms with van der Waals surface area (Å²) in [7, 11) is 3.65. The molecule has 1 heterocycles. The predicted molar refractivity (Wildman–Crippen MR) is 119 cm³/mol. The molecule has 0 bridgehead atoms. The molecule has 0 spiro atoms. The largest absolute Gasteiger partial charge is 0.478 e.